The average Bonchev–Trinajstić information content (AvgIpc) is 3.64. The lowest BCUT2D eigenvalue weighted by Gasteiger charge is -2.16. The Morgan fingerprint density at radius 2 is 1.76 bits per heavy atom. The second-order valence-corrected chi connectivity index (χ2v) is 11.6. The molecule has 2 atom stereocenters. The van der Waals surface area contributed by atoms with Crippen LogP contribution in [0.2, 0.25) is 0 Å². The van der Waals surface area contributed by atoms with E-state index < -0.39 is 10.0 Å². The van der Waals surface area contributed by atoms with Crippen LogP contribution < -0.4 is 0 Å². The summed E-state index contributed by atoms with van der Waals surface area (Å²) in [5.41, 5.74) is 4.41. The molecule has 10 heteroatoms. The van der Waals surface area contributed by atoms with Crippen LogP contribution in [-0.4, -0.2) is 50.8 Å². The van der Waals surface area contributed by atoms with Crippen LogP contribution in [0.25, 0.3) is 16.8 Å². The topological polar surface area (TPSA) is 98.8 Å². The summed E-state index contributed by atoms with van der Waals surface area (Å²) in [7, 11) is -3.83. The largest absolute Gasteiger partial charge is 0.445 e. The first-order valence-electron chi connectivity index (χ1n) is 12.4. The monoisotopic (exact) mass is 529 g/mol. The Morgan fingerprint density at radius 1 is 1.00 bits per heavy atom. The highest BCUT2D eigenvalue weighted by atomic mass is 32.2. The normalized spacial score (nSPS) is 17.9. The summed E-state index contributed by atoms with van der Waals surface area (Å²) in [6.07, 6.45) is 4.56. The van der Waals surface area contributed by atoms with E-state index in [-0.39, 0.29) is 29.4 Å². The van der Waals surface area contributed by atoms with Crippen LogP contribution in [0.5, 0.6) is 0 Å². The summed E-state index contributed by atoms with van der Waals surface area (Å²) >= 11 is 0. The van der Waals surface area contributed by atoms with Crippen molar-refractivity contribution >= 4 is 32.9 Å². The molecule has 0 radical (unpaired) electrons. The Morgan fingerprint density at radius 3 is 2.53 bits per heavy atom. The maximum absolute atomic E-state index is 13.4. The van der Waals surface area contributed by atoms with E-state index in [1.807, 2.05) is 41.7 Å². The number of imidazole rings is 1. The van der Waals surface area contributed by atoms with Crippen LogP contribution >= 0.6 is 0 Å². The van der Waals surface area contributed by atoms with Crippen molar-refractivity contribution in [2.75, 3.05) is 13.1 Å². The van der Waals surface area contributed by atoms with E-state index >= 15 is 0 Å². The number of hydrogen-bond donors (Lipinski definition) is 0. The van der Waals surface area contributed by atoms with E-state index in [1.165, 1.54) is 10.2 Å². The van der Waals surface area contributed by atoms with Gasteiger partial charge in [0.2, 0.25) is 0 Å². The fourth-order valence-electron chi connectivity index (χ4n) is 5.14. The highest BCUT2D eigenvalue weighted by molar-refractivity contribution is 7.90. The molecule has 1 amide bonds. The zero-order valence-corrected chi connectivity index (χ0v) is 21.9. The molecule has 0 N–H and O–H groups in total. The van der Waals surface area contributed by atoms with Gasteiger partial charge in [0.05, 0.1) is 16.6 Å². The van der Waals surface area contributed by atoms with Gasteiger partial charge >= 0.3 is 6.09 Å². The summed E-state index contributed by atoms with van der Waals surface area (Å²) in [6, 6.07) is 18.1. The van der Waals surface area contributed by atoms with Crippen molar-refractivity contribution in [3.63, 3.8) is 0 Å². The first-order chi connectivity index (χ1) is 18.3. The molecule has 5 aromatic rings. The Balaban J connectivity index is 1.31. The number of aromatic nitrogens is 4. The van der Waals surface area contributed by atoms with Crippen LogP contribution in [0.4, 0.5) is 4.79 Å². The van der Waals surface area contributed by atoms with E-state index in [0.717, 1.165) is 16.8 Å². The van der Waals surface area contributed by atoms with Gasteiger partial charge in [-0.25, -0.2) is 27.2 Å². The Hall–Kier alpha value is -4.18. The van der Waals surface area contributed by atoms with Crippen molar-refractivity contribution in [3.8, 4) is 0 Å². The van der Waals surface area contributed by atoms with Gasteiger partial charge in [-0.15, -0.1) is 0 Å². The summed E-state index contributed by atoms with van der Waals surface area (Å²) < 4.78 is 35.5. The van der Waals surface area contributed by atoms with Gasteiger partial charge in [0.15, 0.2) is 11.3 Å². The summed E-state index contributed by atoms with van der Waals surface area (Å²) in [5, 5.41) is 0. The lowest BCUT2D eigenvalue weighted by atomic mass is 9.95. The Bertz CT molecular complexity index is 1740. The van der Waals surface area contributed by atoms with Crippen molar-refractivity contribution in [1.82, 2.24) is 23.2 Å². The number of amides is 1. The number of rotatable bonds is 5. The van der Waals surface area contributed by atoms with Crippen LogP contribution in [0.15, 0.2) is 84.1 Å². The lowest BCUT2D eigenvalue weighted by molar-refractivity contribution is 0.103. The second-order valence-electron chi connectivity index (χ2n) is 9.80. The first kappa shape index (κ1) is 24.2. The van der Waals surface area contributed by atoms with Crippen molar-refractivity contribution in [2.24, 2.45) is 5.92 Å². The first-order valence-corrected chi connectivity index (χ1v) is 13.9. The highest BCUT2D eigenvalue weighted by Gasteiger charge is 2.36. The molecule has 0 aliphatic carbocycles. The molecule has 2 aromatic carbocycles. The molecule has 9 nitrogen and oxygen atoms in total. The third-order valence-electron chi connectivity index (χ3n) is 7.20. The van der Waals surface area contributed by atoms with Gasteiger partial charge in [-0.1, -0.05) is 55.0 Å². The van der Waals surface area contributed by atoms with Gasteiger partial charge < -0.3 is 9.64 Å². The zero-order valence-electron chi connectivity index (χ0n) is 21.1. The number of aryl methyl sites for hydroxylation is 1. The van der Waals surface area contributed by atoms with E-state index in [1.54, 1.807) is 47.6 Å². The number of hydrogen-bond acceptors (Lipinski definition) is 6. The quantitative estimate of drug-likeness (QED) is 0.330. The molecule has 0 saturated carbocycles. The van der Waals surface area contributed by atoms with Gasteiger partial charge in [-0.2, -0.15) is 0 Å². The molecule has 38 heavy (non-hydrogen) atoms. The summed E-state index contributed by atoms with van der Waals surface area (Å²) in [6.45, 7) is 5.27. The molecule has 1 aliphatic rings. The molecule has 0 spiro atoms. The number of likely N-dealkylation sites (tertiary alicyclic amines) is 1. The molecular weight excluding hydrogens is 502 g/mol. The predicted molar refractivity (Wildman–Crippen MR) is 142 cm³/mol. The number of nitrogens with zero attached hydrogens (tertiary/aromatic N) is 5. The van der Waals surface area contributed by atoms with Crippen molar-refractivity contribution in [3.05, 3.63) is 96.1 Å². The number of ether oxygens (including phenoxy) is 1. The van der Waals surface area contributed by atoms with E-state index in [0.29, 0.717) is 29.9 Å². The van der Waals surface area contributed by atoms with Gasteiger partial charge in [0.25, 0.3) is 10.0 Å². The summed E-state index contributed by atoms with van der Waals surface area (Å²) in [5.74, 6) is 0.151. The Kier molecular flexibility index (Phi) is 5.91. The van der Waals surface area contributed by atoms with Crippen molar-refractivity contribution < 1.29 is 17.9 Å². The molecule has 0 bridgehead atoms. The van der Waals surface area contributed by atoms with E-state index in [4.69, 9.17) is 4.74 Å². The van der Waals surface area contributed by atoms with Gasteiger partial charge in [-0.3, -0.25) is 4.40 Å². The smallest absolute Gasteiger partial charge is 0.410 e. The van der Waals surface area contributed by atoms with Crippen LogP contribution in [0, 0.1) is 12.8 Å². The third kappa shape index (κ3) is 4.10. The fourth-order valence-corrected chi connectivity index (χ4v) is 6.43. The Labute approximate surface area is 220 Å². The third-order valence-corrected chi connectivity index (χ3v) is 8.88. The number of benzene rings is 2. The molecular formula is C28H27N5O4S. The fraction of sp³-hybridized carbons (Fsp3) is 0.250. The van der Waals surface area contributed by atoms with E-state index in [9.17, 15) is 13.2 Å². The minimum Gasteiger partial charge on any atom is -0.445 e. The van der Waals surface area contributed by atoms with E-state index in [2.05, 4.69) is 16.9 Å². The lowest BCUT2D eigenvalue weighted by Crippen LogP contribution is -2.29. The number of carbonyl (C=O) groups is 1. The van der Waals surface area contributed by atoms with Crippen molar-refractivity contribution in [2.45, 2.75) is 31.3 Å². The number of fused-ring (bicyclic) bond motifs is 3. The maximum atomic E-state index is 13.4. The maximum Gasteiger partial charge on any atom is 0.410 e. The van der Waals surface area contributed by atoms with Crippen LogP contribution in [0.1, 0.15) is 29.7 Å². The molecule has 1 aliphatic heterocycles. The van der Waals surface area contributed by atoms with Gasteiger partial charge in [0.1, 0.15) is 6.61 Å². The SMILES string of the molecule is Cc1ccc(S(=O)(=O)n2ccc3c2ncc2ncc([C@H]4CN(C(=O)OCc5ccccc5)C[C@H]4C)n23)cc1. The van der Waals surface area contributed by atoms with Gasteiger partial charge in [0, 0.05) is 37.1 Å². The molecule has 194 valence electrons. The molecule has 0 unspecified atom stereocenters. The molecule has 3 aromatic heterocycles. The van der Waals surface area contributed by atoms with Crippen LogP contribution in [-0.2, 0) is 21.4 Å². The highest BCUT2D eigenvalue weighted by Crippen LogP contribution is 2.34. The molecule has 1 saturated heterocycles. The van der Waals surface area contributed by atoms with Crippen molar-refractivity contribution in [1.29, 1.82) is 0 Å². The predicted octanol–water partition coefficient (Wildman–Crippen LogP) is 4.60. The molecule has 1 fully saturated rings. The summed E-state index contributed by atoms with van der Waals surface area (Å²) in [4.78, 5) is 23.7. The van der Waals surface area contributed by atoms with Crippen LogP contribution in [0.3, 0.4) is 0 Å². The second kappa shape index (κ2) is 9.29. The molecule has 6 rings (SSSR count). The van der Waals surface area contributed by atoms with Gasteiger partial charge in [-0.05, 0) is 36.6 Å². The zero-order chi connectivity index (χ0) is 26.4. The minimum absolute atomic E-state index is 0.00284. The standard InChI is InChI=1S/C28H27N5O4S/c1-19-8-10-22(11-9-19)38(35,36)32-13-12-24-27(32)30-15-26-29-14-25(33(24)26)23-17-31(16-20(23)2)28(34)37-18-21-6-4-3-5-7-21/h3-15,20,23H,16-18H2,1-2H3/t20-,23+/m1/s1. The molecule has 4 heterocycles. The average molecular weight is 530 g/mol. The number of carbonyl (C=O) groups excluding carboxylic acids is 1. The minimum atomic E-state index is -3.83.